The van der Waals surface area contributed by atoms with Crippen LogP contribution < -0.4 is 15.0 Å². The Morgan fingerprint density at radius 2 is 2.04 bits per heavy atom. The van der Waals surface area contributed by atoms with E-state index < -0.39 is 4.87 Å². The van der Waals surface area contributed by atoms with Gasteiger partial charge in [0.1, 0.15) is 5.75 Å². The van der Waals surface area contributed by atoms with Crippen LogP contribution in [0.5, 0.6) is 5.75 Å². The van der Waals surface area contributed by atoms with Gasteiger partial charge in [0.25, 0.3) is 5.91 Å². The van der Waals surface area contributed by atoms with Crippen LogP contribution in [0, 0.1) is 0 Å². The Labute approximate surface area is 147 Å². The van der Waals surface area contributed by atoms with E-state index in [1.165, 1.54) is 23.8 Å². The first-order valence-corrected chi connectivity index (χ1v) is 8.66. The number of amides is 2. The van der Waals surface area contributed by atoms with Crippen molar-refractivity contribution in [2.75, 3.05) is 23.1 Å². The number of halogens is 1. The molecule has 24 heavy (non-hydrogen) atoms. The second-order valence-electron chi connectivity index (χ2n) is 5.48. The summed E-state index contributed by atoms with van der Waals surface area (Å²) in [7, 11) is 1.53. The van der Waals surface area contributed by atoms with Crippen LogP contribution in [0.25, 0.3) is 0 Å². The summed E-state index contributed by atoms with van der Waals surface area (Å²) in [5.74, 6) is 0.399. The molecule has 1 N–H and O–H groups in total. The summed E-state index contributed by atoms with van der Waals surface area (Å²) in [6, 6.07) is 12.5. The predicted molar refractivity (Wildman–Crippen MR) is 94.7 cm³/mol. The molecule has 0 radical (unpaired) electrons. The first-order chi connectivity index (χ1) is 11.6. The average molecular weight is 361 g/mol. The topological polar surface area (TPSA) is 58.6 Å². The van der Waals surface area contributed by atoms with Gasteiger partial charge in [0.15, 0.2) is 0 Å². The highest BCUT2D eigenvalue weighted by molar-refractivity contribution is 8.02. The van der Waals surface area contributed by atoms with Gasteiger partial charge >= 0.3 is 0 Å². The van der Waals surface area contributed by atoms with Gasteiger partial charge in [-0.25, -0.2) is 0 Å². The fourth-order valence-corrected chi connectivity index (χ4v) is 4.74. The first-order valence-electron chi connectivity index (χ1n) is 7.29. The molecule has 0 aromatic heterocycles. The molecule has 2 heterocycles. The minimum atomic E-state index is -1.09. The van der Waals surface area contributed by atoms with E-state index in [-0.39, 0.29) is 17.6 Å². The van der Waals surface area contributed by atoms with E-state index in [0.717, 1.165) is 11.3 Å². The number of ether oxygens (including phenoxy) is 1. The maximum atomic E-state index is 12.8. The van der Waals surface area contributed by atoms with E-state index in [9.17, 15) is 9.59 Å². The lowest BCUT2D eigenvalue weighted by molar-refractivity contribution is -0.122. The molecule has 2 aromatic carbocycles. The van der Waals surface area contributed by atoms with Gasteiger partial charge in [0.2, 0.25) is 10.8 Å². The lowest BCUT2D eigenvalue weighted by atomic mass is 10.0. The molecular weight excluding hydrogens is 348 g/mol. The third-order valence-electron chi connectivity index (χ3n) is 4.21. The van der Waals surface area contributed by atoms with Gasteiger partial charge in [-0.2, -0.15) is 0 Å². The fourth-order valence-electron chi connectivity index (χ4n) is 3.17. The Kier molecular flexibility index (Phi) is 3.47. The monoisotopic (exact) mass is 360 g/mol. The number of carbonyl (C=O) groups is 2. The third kappa shape index (κ3) is 1.96. The Morgan fingerprint density at radius 1 is 1.25 bits per heavy atom. The smallest absolute Gasteiger partial charge is 0.266 e. The Hall–Kier alpha value is -2.18. The minimum absolute atomic E-state index is 0.131. The zero-order valence-electron chi connectivity index (χ0n) is 12.7. The Morgan fingerprint density at radius 3 is 2.79 bits per heavy atom. The summed E-state index contributed by atoms with van der Waals surface area (Å²) < 4.78 is 5.16. The van der Waals surface area contributed by atoms with E-state index >= 15 is 0 Å². The maximum absolute atomic E-state index is 12.8. The number of hydrogen-bond donors (Lipinski definition) is 1. The van der Waals surface area contributed by atoms with Crippen LogP contribution in [0.1, 0.15) is 5.56 Å². The molecule has 0 saturated carbocycles. The number of para-hydroxylation sites is 1. The largest absolute Gasteiger partial charge is 0.495 e. The van der Waals surface area contributed by atoms with Crippen LogP contribution in [0.4, 0.5) is 11.4 Å². The van der Waals surface area contributed by atoms with Gasteiger partial charge in [-0.3, -0.25) is 14.5 Å². The molecule has 122 valence electrons. The highest BCUT2D eigenvalue weighted by Gasteiger charge is 2.58. The van der Waals surface area contributed by atoms with Crippen molar-refractivity contribution in [1.29, 1.82) is 0 Å². The molecule has 2 aliphatic rings. The number of methoxy groups -OCH3 is 1. The highest BCUT2D eigenvalue weighted by atomic mass is 35.5. The van der Waals surface area contributed by atoms with Gasteiger partial charge < -0.3 is 10.1 Å². The third-order valence-corrected chi connectivity index (χ3v) is 5.90. The quantitative estimate of drug-likeness (QED) is 0.893. The number of thioether (sulfide) groups is 1. The fraction of sp³-hybridized carbons (Fsp3) is 0.176. The average Bonchev–Trinajstić information content (AvgIpc) is 3.07. The number of nitrogens with one attached hydrogen (secondary N) is 1. The molecule has 0 aliphatic carbocycles. The lowest BCUT2D eigenvalue weighted by Gasteiger charge is -2.32. The standard InChI is InChI=1S/C17H13ClN2O3S/c1-23-14-7-6-10(8-12(14)18)20-15(21)9-24-17(20)11-4-2-3-5-13(11)19-16(17)22/h2-8H,9H2,1H3,(H,19,22)/t17-/m0/s1. The minimum Gasteiger partial charge on any atom is -0.495 e. The van der Waals surface area contributed by atoms with Crippen molar-refractivity contribution in [1.82, 2.24) is 0 Å². The van der Waals surface area contributed by atoms with Crippen molar-refractivity contribution >= 4 is 46.6 Å². The second-order valence-corrected chi connectivity index (χ2v) is 7.06. The summed E-state index contributed by atoms with van der Waals surface area (Å²) in [4.78, 5) is 25.9. The number of carbonyl (C=O) groups excluding carboxylic acids is 2. The van der Waals surface area contributed by atoms with Crippen LogP contribution >= 0.6 is 23.4 Å². The molecule has 2 aromatic rings. The van der Waals surface area contributed by atoms with Gasteiger partial charge in [0.05, 0.1) is 17.9 Å². The van der Waals surface area contributed by atoms with Crippen LogP contribution in [0.3, 0.4) is 0 Å². The normalized spacial score (nSPS) is 22.0. The summed E-state index contributed by atoms with van der Waals surface area (Å²) in [6.07, 6.45) is 0. The molecule has 2 amide bonds. The van der Waals surface area contributed by atoms with Gasteiger partial charge in [0, 0.05) is 16.9 Å². The molecule has 4 rings (SSSR count). The SMILES string of the molecule is COc1ccc(N2C(=O)CS[C@@]23C(=O)Nc2ccccc23)cc1Cl. The molecule has 1 spiro atoms. The molecule has 7 heteroatoms. The van der Waals surface area contributed by atoms with E-state index in [1.807, 2.05) is 24.3 Å². The van der Waals surface area contributed by atoms with Crippen molar-refractivity contribution in [2.24, 2.45) is 0 Å². The number of rotatable bonds is 2. The first kappa shape index (κ1) is 15.4. The Balaban J connectivity index is 1.89. The molecule has 2 aliphatic heterocycles. The molecular formula is C17H13ClN2O3S. The summed E-state index contributed by atoms with van der Waals surface area (Å²) >= 11 is 7.54. The van der Waals surface area contributed by atoms with E-state index in [1.54, 1.807) is 18.2 Å². The Bertz CT molecular complexity index is 873. The maximum Gasteiger partial charge on any atom is 0.266 e. The molecule has 0 unspecified atom stereocenters. The number of nitrogens with zero attached hydrogens (tertiary/aromatic N) is 1. The van der Waals surface area contributed by atoms with Gasteiger partial charge in [-0.1, -0.05) is 29.8 Å². The summed E-state index contributed by atoms with van der Waals surface area (Å²) in [5.41, 5.74) is 2.09. The lowest BCUT2D eigenvalue weighted by Crippen LogP contribution is -2.47. The summed E-state index contributed by atoms with van der Waals surface area (Å²) in [5, 5.41) is 3.27. The van der Waals surface area contributed by atoms with E-state index in [4.69, 9.17) is 16.3 Å². The molecule has 1 atom stereocenters. The van der Waals surface area contributed by atoms with Crippen molar-refractivity contribution in [3.8, 4) is 5.75 Å². The van der Waals surface area contributed by atoms with Gasteiger partial charge in [-0.05, 0) is 24.3 Å². The predicted octanol–water partition coefficient (Wildman–Crippen LogP) is 3.23. The van der Waals surface area contributed by atoms with Crippen LogP contribution in [-0.4, -0.2) is 24.7 Å². The molecule has 5 nitrogen and oxygen atoms in total. The number of anilines is 2. The van der Waals surface area contributed by atoms with E-state index in [2.05, 4.69) is 5.32 Å². The second kappa shape index (κ2) is 5.43. The molecule has 0 bridgehead atoms. The van der Waals surface area contributed by atoms with Crippen LogP contribution in [0.15, 0.2) is 42.5 Å². The van der Waals surface area contributed by atoms with Crippen molar-refractivity contribution in [3.05, 3.63) is 53.1 Å². The van der Waals surface area contributed by atoms with Crippen molar-refractivity contribution < 1.29 is 14.3 Å². The highest BCUT2D eigenvalue weighted by Crippen LogP contribution is 2.53. The van der Waals surface area contributed by atoms with Crippen molar-refractivity contribution in [2.45, 2.75) is 4.87 Å². The van der Waals surface area contributed by atoms with Crippen LogP contribution in [-0.2, 0) is 14.5 Å². The van der Waals surface area contributed by atoms with Crippen LogP contribution in [0.2, 0.25) is 5.02 Å². The van der Waals surface area contributed by atoms with Gasteiger partial charge in [-0.15, -0.1) is 11.8 Å². The molecule has 1 fully saturated rings. The molecule has 1 saturated heterocycles. The zero-order chi connectivity index (χ0) is 16.9. The zero-order valence-corrected chi connectivity index (χ0v) is 14.3. The van der Waals surface area contributed by atoms with Crippen molar-refractivity contribution in [3.63, 3.8) is 0 Å². The summed E-state index contributed by atoms with van der Waals surface area (Å²) in [6.45, 7) is 0. The van der Waals surface area contributed by atoms with E-state index in [0.29, 0.717) is 16.5 Å². The number of benzene rings is 2. The number of fused-ring (bicyclic) bond motifs is 2. The number of hydrogen-bond acceptors (Lipinski definition) is 4.